The summed E-state index contributed by atoms with van der Waals surface area (Å²) in [5, 5.41) is 9.50. The van der Waals surface area contributed by atoms with E-state index in [9.17, 15) is 18.8 Å². The molecule has 0 aliphatic carbocycles. The van der Waals surface area contributed by atoms with E-state index in [4.69, 9.17) is 14.2 Å². The predicted octanol–water partition coefficient (Wildman–Crippen LogP) is 2.97. The van der Waals surface area contributed by atoms with Crippen molar-refractivity contribution in [3.63, 3.8) is 0 Å². The van der Waals surface area contributed by atoms with Crippen LogP contribution in [0.1, 0.15) is 17.3 Å². The molecule has 10 nitrogen and oxygen atoms in total. The summed E-state index contributed by atoms with van der Waals surface area (Å²) in [5.74, 6) is -1.22. The second-order valence-electron chi connectivity index (χ2n) is 7.61. The number of nitrogens with zero attached hydrogens (tertiary/aromatic N) is 2. The van der Waals surface area contributed by atoms with Gasteiger partial charge in [0.05, 0.1) is 37.2 Å². The van der Waals surface area contributed by atoms with Crippen LogP contribution in [-0.2, 0) is 14.3 Å². The van der Waals surface area contributed by atoms with Crippen LogP contribution < -0.4 is 15.4 Å². The molecule has 1 aromatic heterocycles. The van der Waals surface area contributed by atoms with Gasteiger partial charge < -0.3 is 24.8 Å². The lowest BCUT2D eigenvalue weighted by Crippen LogP contribution is -2.45. The van der Waals surface area contributed by atoms with E-state index in [1.165, 1.54) is 42.3 Å². The van der Waals surface area contributed by atoms with Gasteiger partial charge in [0.25, 0.3) is 0 Å². The van der Waals surface area contributed by atoms with Crippen molar-refractivity contribution in [3.8, 4) is 22.7 Å². The van der Waals surface area contributed by atoms with E-state index in [-0.39, 0.29) is 36.6 Å². The Morgan fingerprint density at radius 3 is 2.61 bits per heavy atom. The second-order valence-corrected chi connectivity index (χ2v) is 7.61. The molecule has 0 saturated heterocycles. The van der Waals surface area contributed by atoms with Crippen molar-refractivity contribution in [1.82, 2.24) is 20.4 Å². The number of methoxy groups -OCH3 is 1. The monoisotopic (exact) mass is 494 g/mol. The molecule has 0 unspecified atom stereocenters. The highest BCUT2D eigenvalue weighted by atomic mass is 19.1. The molecular weight excluding hydrogens is 471 g/mol. The highest BCUT2D eigenvalue weighted by Gasteiger charge is 2.26. The SMILES string of the molecule is CCOC(=O)C1=C(COC(=O)c2cn(-c3ccc(F)cc3)nc2-c2cccc(OC)c2)NC(=O)NC1. The molecule has 2 N–H and O–H groups in total. The standard InChI is InChI=1S/C25H23FN4O6/c1-3-35-23(31)19-12-27-25(33)28-21(19)14-36-24(32)20-13-30(17-9-7-16(26)8-10-17)29-22(20)15-5-4-6-18(11-15)34-2/h4-11,13H,3,12,14H2,1-2H3,(H2,27,28,33). The molecule has 0 bridgehead atoms. The van der Waals surface area contributed by atoms with Crippen molar-refractivity contribution >= 4 is 18.0 Å². The Kier molecular flexibility index (Phi) is 7.28. The van der Waals surface area contributed by atoms with E-state index in [1.807, 2.05) is 0 Å². The number of hydrogen-bond donors (Lipinski definition) is 2. The Hall–Kier alpha value is -4.67. The van der Waals surface area contributed by atoms with Crippen molar-refractivity contribution in [1.29, 1.82) is 0 Å². The fourth-order valence-corrected chi connectivity index (χ4v) is 3.52. The Morgan fingerprint density at radius 1 is 1.11 bits per heavy atom. The minimum absolute atomic E-state index is 0.0604. The van der Waals surface area contributed by atoms with Gasteiger partial charge in [0.15, 0.2) is 0 Å². The first-order valence-electron chi connectivity index (χ1n) is 11.0. The predicted molar refractivity (Wildman–Crippen MR) is 126 cm³/mol. The van der Waals surface area contributed by atoms with Gasteiger partial charge in [-0.1, -0.05) is 12.1 Å². The van der Waals surface area contributed by atoms with Crippen molar-refractivity contribution < 1.29 is 33.0 Å². The quantitative estimate of drug-likeness (QED) is 0.462. The Morgan fingerprint density at radius 2 is 1.89 bits per heavy atom. The average Bonchev–Trinajstić information content (AvgIpc) is 3.33. The molecule has 0 radical (unpaired) electrons. The summed E-state index contributed by atoms with van der Waals surface area (Å²) in [5.41, 5.74) is 1.81. The number of halogens is 1. The van der Waals surface area contributed by atoms with Crippen LogP contribution in [0.15, 0.2) is 66.0 Å². The molecule has 1 aliphatic heterocycles. The summed E-state index contributed by atoms with van der Waals surface area (Å²) in [6.45, 7) is 1.37. The summed E-state index contributed by atoms with van der Waals surface area (Å²) >= 11 is 0. The highest BCUT2D eigenvalue weighted by molar-refractivity contribution is 5.97. The third-order valence-corrected chi connectivity index (χ3v) is 5.29. The van der Waals surface area contributed by atoms with Crippen LogP contribution >= 0.6 is 0 Å². The van der Waals surface area contributed by atoms with Gasteiger partial charge in [-0.2, -0.15) is 5.10 Å². The first-order chi connectivity index (χ1) is 17.4. The summed E-state index contributed by atoms with van der Waals surface area (Å²) in [6.07, 6.45) is 1.46. The van der Waals surface area contributed by atoms with E-state index in [2.05, 4.69) is 15.7 Å². The number of carbonyl (C=O) groups excluding carboxylic acids is 3. The lowest BCUT2D eigenvalue weighted by atomic mass is 10.1. The molecular formula is C25H23FN4O6. The topological polar surface area (TPSA) is 121 Å². The fraction of sp³-hybridized carbons (Fsp3) is 0.200. The number of hydrogen-bond acceptors (Lipinski definition) is 7. The van der Waals surface area contributed by atoms with Crippen LogP contribution in [0, 0.1) is 5.82 Å². The molecule has 2 aromatic carbocycles. The maximum absolute atomic E-state index is 13.4. The molecule has 11 heteroatoms. The normalized spacial score (nSPS) is 13.0. The summed E-state index contributed by atoms with van der Waals surface area (Å²) in [7, 11) is 1.52. The number of benzene rings is 2. The van der Waals surface area contributed by atoms with E-state index in [0.29, 0.717) is 22.7 Å². The lowest BCUT2D eigenvalue weighted by Gasteiger charge is -2.21. The molecule has 0 fully saturated rings. The number of nitrogens with one attached hydrogen (secondary N) is 2. The smallest absolute Gasteiger partial charge is 0.342 e. The molecule has 4 rings (SSSR count). The van der Waals surface area contributed by atoms with Gasteiger partial charge in [0.2, 0.25) is 0 Å². The summed E-state index contributed by atoms with van der Waals surface area (Å²) in [6, 6.07) is 12.0. The van der Waals surface area contributed by atoms with Crippen LogP contribution in [0.25, 0.3) is 16.9 Å². The highest BCUT2D eigenvalue weighted by Crippen LogP contribution is 2.28. The van der Waals surface area contributed by atoms with E-state index < -0.39 is 23.8 Å². The van der Waals surface area contributed by atoms with Crippen molar-refractivity contribution in [2.75, 3.05) is 26.9 Å². The van der Waals surface area contributed by atoms with Crippen molar-refractivity contribution in [2.24, 2.45) is 0 Å². The van der Waals surface area contributed by atoms with Crippen LogP contribution in [0.5, 0.6) is 5.75 Å². The molecule has 186 valence electrons. The molecule has 36 heavy (non-hydrogen) atoms. The van der Waals surface area contributed by atoms with Crippen LogP contribution in [0.4, 0.5) is 9.18 Å². The van der Waals surface area contributed by atoms with Crippen LogP contribution in [0.2, 0.25) is 0 Å². The lowest BCUT2D eigenvalue weighted by molar-refractivity contribution is -0.138. The summed E-state index contributed by atoms with van der Waals surface area (Å²) < 4.78 is 30.6. The fourth-order valence-electron chi connectivity index (χ4n) is 3.52. The third kappa shape index (κ3) is 5.35. The number of aromatic nitrogens is 2. The van der Waals surface area contributed by atoms with Gasteiger partial charge in [0.1, 0.15) is 29.4 Å². The van der Waals surface area contributed by atoms with E-state index >= 15 is 0 Å². The Labute approximate surface area is 205 Å². The molecule has 2 amide bonds. The molecule has 3 aromatic rings. The van der Waals surface area contributed by atoms with Crippen LogP contribution in [0.3, 0.4) is 0 Å². The van der Waals surface area contributed by atoms with E-state index in [0.717, 1.165) is 0 Å². The van der Waals surface area contributed by atoms with Gasteiger partial charge in [-0.05, 0) is 43.3 Å². The number of rotatable bonds is 8. The van der Waals surface area contributed by atoms with Gasteiger partial charge in [-0.3, -0.25) is 0 Å². The van der Waals surface area contributed by atoms with E-state index in [1.54, 1.807) is 31.2 Å². The Balaban J connectivity index is 1.67. The van der Waals surface area contributed by atoms with Gasteiger partial charge in [0, 0.05) is 11.8 Å². The third-order valence-electron chi connectivity index (χ3n) is 5.29. The zero-order chi connectivity index (χ0) is 25.7. The summed E-state index contributed by atoms with van der Waals surface area (Å²) in [4.78, 5) is 37.2. The first kappa shape index (κ1) is 24.5. The molecule has 0 atom stereocenters. The first-order valence-corrected chi connectivity index (χ1v) is 11.0. The molecule has 0 spiro atoms. The number of ether oxygens (including phenoxy) is 3. The Bertz CT molecular complexity index is 1330. The molecule has 2 heterocycles. The minimum Gasteiger partial charge on any atom is -0.497 e. The minimum atomic E-state index is -0.746. The van der Waals surface area contributed by atoms with Crippen LogP contribution in [-0.4, -0.2) is 54.6 Å². The van der Waals surface area contributed by atoms with Gasteiger partial charge in [-0.25, -0.2) is 23.5 Å². The number of amides is 2. The maximum atomic E-state index is 13.4. The molecule has 1 aliphatic rings. The van der Waals surface area contributed by atoms with Gasteiger partial charge in [-0.15, -0.1) is 0 Å². The van der Waals surface area contributed by atoms with Crippen molar-refractivity contribution in [2.45, 2.75) is 6.92 Å². The molecule has 0 saturated carbocycles. The van der Waals surface area contributed by atoms with Gasteiger partial charge >= 0.3 is 18.0 Å². The van der Waals surface area contributed by atoms with Crippen molar-refractivity contribution in [3.05, 3.63) is 77.4 Å². The number of carbonyl (C=O) groups is 3. The number of esters is 2. The zero-order valence-corrected chi connectivity index (χ0v) is 19.5. The second kappa shape index (κ2) is 10.7. The average molecular weight is 494 g/mol. The maximum Gasteiger partial charge on any atom is 0.342 e. The number of urea groups is 1. The largest absolute Gasteiger partial charge is 0.497 e. The zero-order valence-electron chi connectivity index (χ0n) is 19.5.